The summed E-state index contributed by atoms with van der Waals surface area (Å²) in [7, 11) is -3.63. The molecular formula is C22H20F2N4O2S. The first-order chi connectivity index (χ1) is 14.5. The molecule has 0 saturated carbocycles. The highest BCUT2D eigenvalue weighted by molar-refractivity contribution is 7.89. The molecule has 0 fully saturated rings. The average Bonchev–Trinajstić information content (AvgIpc) is 3.30. The first-order valence-electron chi connectivity index (χ1n) is 9.66. The second-order valence-electron chi connectivity index (χ2n) is 8.45. The minimum absolute atomic E-state index is 0.205. The zero-order valence-electron chi connectivity index (χ0n) is 17.3. The van der Waals surface area contributed by atoms with E-state index >= 15 is 4.39 Å². The highest BCUT2D eigenvalue weighted by atomic mass is 32.2. The monoisotopic (exact) mass is 442 g/mol. The van der Waals surface area contributed by atoms with Crippen molar-refractivity contribution in [3.8, 4) is 22.4 Å². The van der Waals surface area contributed by atoms with E-state index in [1.54, 1.807) is 12.3 Å². The van der Waals surface area contributed by atoms with Gasteiger partial charge in [0.1, 0.15) is 11.6 Å². The molecule has 0 saturated heterocycles. The van der Waals surface area contributed by atoms with Crippen LogP contribution in [0.15, 0.2) is 36.7 Å². The molecule has 6 nitrogen and oxygen atoms in total. The SMILES string of the molecule is Cc1c(-c2cc(F)cc3c2ccn3S(C)(=O)=O)cc(F)c2c1-c1[nH]ncc1C(C)(C)N2. The van der Waals surface area contributed by atoms with Gasteiger partial charge < -0.3 is 5.32 Å². The quantitative estimate of drug-likeness (QED) is 0.469. The maximum atomic E-state index is 15.3. The Balaban J connectivity index is 1.84. The zero-order valence-corrected chi connectivity index (χ0v) is 18.2. The predicted octanol–water partition coefficient (Wildman–Crippen LogP) is 4.75. The van der Waals surface area contributed by atoms with Crippen LogP contribution in [0.25, 0.3) is 33.3 Å². The molecule has 0 amide bonds. The van der Waals surface area contributed by atoms with E-state index in [9.17, 15) is 12.8 Å². The summed E-state index contributed by atoms with van der Waals surface area (Å²) < 4.78 is 55.1. The second kappa shape index (κ2) is 6.16. The Hall–Kier alpha value is -3.20. The van der Waals surface area contributed by atoms with Crippen LogP contribution < -0.4 is 5.32 Å². The van der Waals surface area contributed by atoms with Gasteiger partial charge in [0.2, 0.25) is 10.0 Å². The van der Waals surface area contributed by atoms with Gasteiger partial charge in [-0.25, -0.2) is 21.2 Å². The zero-order chi connectivity index (χ0) is 22.3. The van der Waals surface area contributed by atoms with E-state index in [1.807, 2.05) is 20.8 Å². The molecule has 1 aliphatic rings. The van der Waals surface area contributed by atoms with Crippen molar-refractivity contribution in [2.45, 2.75) is 26.3 Å². The van der Waals surface area contributed by atoms with Crippen molar-refractivity contribution in [1.82, 2.24) is 14.2 Å². The molecule has 9 heteroatoms. The summed E-state index contributed by atoms with van der Waals surface area (Å²) in [6.45, 7) is 5.72. The number of rotatable bonds is 2. The van der Waals surface area contributed by atoms with Gasteiger partial charge >= 0.3 is 0 Å². The molecule has 160 valence electrons. The molecule has 4 aromatic rings. The van der Waals surface area contributed by atoms with E-state index in [0.29, 0.717) is 33.5 Å². The van der Waals surface area contributed by atoms with Crippen LogP contribution in [-0.4, -0.2) is 28.8 Å². The van der Waals surface area contributed by atoms with Gasteiger partial charge in [0.05, 0.1) is 34.9 Å². The number of hydrogen-bond donors (Lipinski definition) is 2. The van der Waals surface area contributed by atoms with E-state index < -0.39 is 27.2 Å². The van der Waals surface area contributed by atoms with Gasteiger partial charge in [0.25, 0.3) is 0 Å². The molecule has 0 unspecified atom stereocenters. The molecule has 5 rings (SSSR count). The van der Waals surface area contributed by atoms with Crippen LogP contribution in [-0.2, 0) is 15.6 Å². The van der Waals surface area contributed by atoms with Crippen LogP contribution in [0.5, 0.6) is 0 Å². The lowest BCUT2D eigenvalue weighted by atomic mass is 9.83. The van der Waals surface area contributed by atoms with Crippen molar-refractivity contribution in [3.63, 3.8) is 0 Å². The van der Waals surface area contributed by atoms with Gasteiger partial charge in [-0.15, -0.1) is 0 Å². The third kappa shape index (κ3) is 2.79. The molecule has 0 bridgehead atoms. The number of nitrogens with zero attached hydrogens (tertiary/aromatic N) is 2. The Kier molecular flexibility index (Phi) is 3.93. The minimum atomic E-state index is -3.63. The highest BCUT2D eigenvalue weighted by Gasteiger charge is 2.35. The molecule has 31 heavy (non-hydrogen) atoms. The van der Waals surface area contributed by atoms with Gasteiger partial charge in [0.15, 0.2) is 0 Å². The van der Waals surface area contributed by atoms with Crippen molar-refractivity contribution >= 4 is 26.6 Å². The lowest BCUT2D eigenvalue weighted by molar-refractivity contribution is 0.579. The molecule has 1 aliphatic heterocycles. The topological polar surface area (TPSA) is 79.8 Å². The fraction of sp³-hybridized carbons (Fsp3) is 0.227. The summed E-state index contributed by atoms with van der Waals surface area (Å²) in [5.41, 5.74) is 3.89. The molecule has 2 aromatic heterocycles. The van der Waals surface area contributed by atoms with Crippen molar-refractivity contribution in [2.24, 2.45) is 0 Å². The van der Waals surface area contributed by atoms with E-state index in [-0.39, 0.29) is 5.52 Å². The van der Waals surface area contributed by atoms with Gasteiger partial charge in [0, 0.05) is 22.7 Å². The van der Waals surface area contributed by atoms with E-state index in [4.69, 9.17) is 0 Å². The number of fused-ring (bicyclic) bond motifs is 4. The van der Waals surface area contributed by atoms with Crippen molar-refractivity contribution in [3.05, 3.63) is 59.4 Å². The predicted molar refractivity (Wildman–Crippen MR) is 116 cm³/mol. The standard InChI is InChI=1S/C22H20F2N4O2S/c1-11-14(15-7-12(23)8-18-13(15)5-6-28(18)31(4,29)30)9-17(24)21-19(11)20-16(10-25-27-20)22(2,3)26-21/h5-10,26H,1-4H3,(H,25,27). The van der Waals surface area contributed by atoms with Crippen LogP contribution in [0.2, 0.25) is 0 Å². The molecule has 0 aliphatic carbocycles. The summed E-state index contributed by atoms with van der Waals surface area (Å²) in [5.74, 6) is -1.09. The Morgan fingerprint density at radius 2 is 1.87 bits per heavy atom. The molecule has 2 aromatic carbocycles. The van der Waals surface area contributed by atoms with Gasteiger partial charge in [-0.3, -0.25) is 5.10 Å². The first-order valence-corrected chi connectivity index (χ1v) is 11.5. The lowest BCUT2D eigenvalue weighted by Crippen LogP contribution is -2.32. The summed E-state index contributed by atoms with van der Waals surface area (Å²) in [4.78, 5) is 0. The molecule has 0 atom stereocenters. The molecule has 2 N–H and O–H groups in total. The number of halogens is 2. The van der Waals surface area contributed by atoms with E-state index in [0.717, 1.165) is 21.4 Å². The smallest absolute Gasteiger partial charge is 0.236 e. The van der Waals surface area contributed by atoms with Crippen LogP contribution in [0, 0.1) is 18.6 Å². The van der Waals surface area contributed by atoms with Crippen LogP contribution in [0.4, 0.5) is 14.5 Å². The Morgan fingerprint density at radius 3 is 2.58 bits per heavy atom. The summed E-state index contributed by atoms with van der Waals surface area (Å²) in [6, 6.07) is 5.44. The number of anilines is 1. The van der Waals surface area contributed by atoms with Crippen LogP contribution >= 0.6 is 0 Å². The van der Waals surface area contributed by atoms with Crippen molar-refractivity contribution < 1.29 is 17.2 Å². The Morgan fingerprint density at radius 1 is 1.13 bits per heavy atom. The summed E-state index contributed by atoms with van der Waals surface area (Å²) >= 11 is 0. The Bertz CT molecular complexity index is 1500. The third-order valence-corrected chi connectivity index (χ3v) is 6.96. The fourth-order valence-corrected chi connectivity index (χ4v) is 5.28. The number of aromatic nitrogens is 3. The molecule has 0 radical (unpaired) electrons. The largest absolute Gasteiger partial charge is 0.373 e. The number of aromatic amines is 1. The highest BCUT2D eigenvalue weighted by Crippen LogP contribution is 2.48. The van der Waals surface area contributed by atoms with Gasteiger partial charge in [-0.05, 0) is 61.7 Å². The van der Waals surface area contributed by atoms with Crippen LogP contribution in [0.1, 0.15) is 25.0 Å². The molecule has 0 spiro atoms. The normalized spacial score (nSPS) is 14.9. The maximum absolute atomic E-state index is 15.3. The number of H-pyrrole nitrogens is 1. The molecule has 3 heterocycles. The average molecular weight is 442 g/mol. The number of hydrogen-bond acceptors (Lipinski definition) is 4. The maximum Gasteiger partial charge on any atom is 0.236 e. The van der Waals surface area contributed by atoms with E-state index in [1.165, 1.54) is 24.4 Å². The molecular weight excluding hydrogens is 422 g/mol. The fourth-order valence-electron chi connectivity index (χ4n) is 4.49. The van der Waals surface area contributed by atoms with Crippen LogP contribution in [0.3, 0.4) is 0 Å². The number of nitrogens with one attached hydrogen (secondary N) is 2. The minimum Gasteiger partial charge on any atom is -0.373 e. The number of benzene rings is 2. The lowest BCUT2D eigenvalue weighted by Gasteiger charge is -2.35. The second-order valence-corrected chi connectivity index (χ2v) is 10.3. The summed E-state index contributed by atoms with van der Waals surface area (Å²) in [6.07, 6.45) is 4.14. The van der Waals surface area contributed by atoms with Crippen molar-refractivity contribution in [1.29, 1.82) is 0 Å². The van der Waals surface area contributed by atoms with E-state index in [2.05, 4.69) is 15.5 Å². The van der Waals surface area contributed by atoms with Gasteiger partial charge in [-0.2, -0.15) is 5.10 Å². The summed E-state index contributed by atoms with van der Waals surface area (Å²) in [5, 5.41) is 10.9. The van der Waals surface area contributed by atoms with Gasteiger partial charge in [-0.1, -0.05) is 0 Å². The third-order valence-electron chi connectivity index (χ3n) is 5.92. The Labute approximate surface area is 178 Å². The van der Waals surface area contributed by atoms with Crippen molar-refractivity contribution in [2.75, 3.05) is 11.6 Å². The first kappa shape index (κ1) is 19.7.